The van der Waals surface area contributed by atoms with Crippen molar-refractivity contribution in [3.63, 3.8) is 0 Å². The van der Waals surface area contributed by atoms with E-state index in [1.165, 1.54) is 5.57 Å². The maximum Gasteiger partial charge on any atom is 0.269 e. The van der Waals surface area contributed by atoms with Crippen LogP contribution < -0.4 is 4.31 Å². The second-order valence-electron chi connectivity index (χ2n) is 7.92. The summed E-state index contributed by atoms with van der Waals surface area (Å²) in [5, 5.41) is 3.94. The summed E-state index contributed by atoms with van der Waals surface area (Å²) in [6.45, 7) is 7.96. The van der Waals surface area contributed by atoms with Crippen LogP contribution in [0.5, 0.6) is 0 Å². The van der Waals surface area contributed by atoms with Crippen molar-refractivity contribution in [2.45, 2.75) is 32.6 Å². The lowest BCUT2D eigenvalue weighted by Gasteiger charge is -2.23. The van der Waals surface area contributed by atoms with Gasteiger partial charge in [-0.3, -0.25) is 0 Å². The number of nitrogens with zero attached hydrogens (tertiary/aromatic N) is 2. The largest absolute Gasteiger partial charge is 0.382 e. The van der Waals surface area contributed by atoms with Crippen molar-refractivity contribution in [2.24, 2.45) is 0 Å². The molecule has 3 aromatic rings. The third-order valence-electron chi connectivity index (χ3n) is 5.13. The van der Waals surface area contributed by atoms with Crippen molar-refractivity contribution < 1.29 is 22.4 Å². The highest BCUT2D eigenvalue weighted by atomic mass is 32.2. The van der Waals surface area contributed by atoms with Crippen LogP contribution in [0.4, 0.5) is 5.88 Å². The Morgan fingerprint density at radius 1 is 1.06 bits per heavy atom. The number of rotatable bonds is 10. The Morgan fingerprint density at radius 2 is 1.76 bits per heavy atom. The van der Waals surface area contributed by atoms with Gasteiger partial charge < -0.3 is 14.0 Å². The van der Waals surface area contributed by atoms with Crippen LogP contribution in [0.25, 0.3) is 17.2 Å². The zero-order valence-electron chi connectivity index (χ0n) is 19.7. The van der Waals surface area contributed by atoms with Crippen molar-refractivity contribution in [3.05, 3.63) is 70.9 Å². The van der Waals surface area contributed by atoms with Crippen molar-refractivity contribution in [1.29, 1.82) is 0 Å². The van der Waals surface area contributed by atoms with E-state index >= 15 is 0 Å². The molecule has 0 aliphatic heterocycles. The van der Waals surface area contributed by atoms with Crippen LogP contribution in [-0.2, 0) is 19.5 Å². The molecule has 7 nitrogen and oxygen atoms in total. The maximum atomic E-state index is 13.9. The third-order valence-corrected chi connectivity index (χ3v) is 6.89. The molecule has 0 saturated heterocycles. The predicted molar refractivity (Wildman–Crippen MR) is 130 cm³/mol. The number of aromatic nitrogens is 1. The molecule has 0 amide bonds. The van der Waals surface area contributed by atoms with Gasteiger partial charge in [-0.05, 0) is 44.9 Å². The monoisotopic (exact) mass is 470 g/mol. The molecular formula is C25H30N2O5S. The Balaban J connectivity index is 2.05. The van der Waals surface area contributed by atoms with Crippen LogP contribution in [0.15, 0.2) is 63.5 Å². The Hall–Kier alpha value is -2.94. The SMILES string of the molecule is COCCOCN(c1onc(C)c1C)S(=O)(=O)c1ccccc1-c1ccc(C=C(C)C)cc1. The standard InChI is InChI=1S/C25H30N2O5S/c1-18(2)16-21-10-12-22(13-11-21)23-8-6-7-9-24(23)33(28,29)27(17-31-15-14-30-5)25-19(3)20(4)26-32-25/h6-13,16H,14-15,17H2,1-5H3. The van der Waals surface area contributed by atoms with E-state index in [9.17, 15) is 8.42 Å². The molecule has 0 aliphatic carbocycles. The molecule has 3 rings (SSSR count). The molecule has 0 saturated carbocycles. The first-order chi connectivity index (χ1) is 15.8. The van der Waals surface area contributed by atoms with Gasteiger partial charge in [0.05, 0.1) is 23.8 Å². The van der Waals surface area contributed by atoms with E-state index in [2.05, 4.69) is 11.2 Å². The molecule has 0 N–H and O–H groups in total. The van der Waals surface area contributed by atoms with Crippen molar-refractivity contribution in [1.82, 2.24) is 5.16 Å². The summed E-state index contributed by atoms with van der Waals surface area (Å²) >= 11 is 0. The number of benzene rings is 2. The number of sulfonamides is 1. The van der Waals surface area contributed by atoms with E-state index in [1.807, 2.05) is 44.2 Å². The molecule has 1 heterocycles. The third kappa shape index (κ3) is 5.71. The zero-order valence-corrected chi connectivity index (χ0v) is 20.5. The molecule has 0 fully saturated rings. The Morgan fingerprint density at radius 3 is 2.36 bits per heavy atom. The number of aryl methyl sites for hydroxylation is 1. The number of hydrogen-bond acceptors (Lipinski definition) is 6. The summed E-state index contributed by atoms with van der Waals surface area (Å²) in [5.41, 5.74) is 4.89. The summed E-state index contributed by atoms with van der Waals surface area (Å²) in [6.07, 6.45) is 2.07. The highest BCUT2D eigenvalue weighted by molar-refractivity contribution is 7.93. The summed E-state index contributed by atoms with van der Waals surface area (Å²) in [6, 6.07) is 14.7. The van der Waals surface area contributed by atoms with Crippen molar-refractivity contribution in [3.8, 4) is 11.1 Å². The average Bonchev–Trinajstić information content (AvgIpc) is 3.12. The molecule has 0 radical (unpaired) electrons. The van der Waals surface area contributed by atoms with E-state index in [4.69, 9.17) is 14.0 Å². The van der Waals surface area contributed by atoms with E-state index in [1.54, 1.807) is 39.2 Å². The summed E-state index contributed by atoms with van der Waals surface area (Å²) in [4.78, 5) is 0.156. The number of anilines is 1. The second-order valence-corrected chi connectivity index (χ2v) is 9.75. The summed E-state index contributed by atoms with van der Waals surface area (Å²) < 4.78 is 44.9. The first kappa shape index (κ1) is 24.7. The number of hydrogen-bond donors (Lipinski definition) is 0. The summed E-state index contributed by atoms with van der Waals surface area (Å²) in [5.74, 6) is 0.138. The van der Waals surface area contributed by atoms with Gasteiger partial charge in [0.1, 0.15) is 6.73 Å². The van der Waals surface area contributed by atoms with Crippen LogP contribution in [0.3, 0.4) is 0 Å². The summed E-state index contributed by atoms with van der Waals surface area (Å²) in [7, 11) is -2.48. The number of ether oxygens (including phenoxy) is 2. The van der Waals surface area contributed by atoms with Gasteiger partial charge in [0, 0.05) is 18.2 Å². The quantitative estimate of drug-likeness (QED) is 0.299. The van der Waals surface area contributed by atoms with Gasteiger partial charge in [0.15, 0.2) is 0 Å². The van der Waals surface area contributed by atoms with E-state index in [0.717, 1.165) is 15.4 Å². The maximum absolute atomic E-state index is 13.9. The number of allylic oxidation sites excluding steroid dienone is 1. The minimum absolute atomic E-state index is 0.138. The first-order valence-corrected chi connectivity index (χ1v) is 12.1. The molecule has 0 bridgehead atoms. The fourth-order valence-corrected chi connectivity index (χ4v) is 4.86. The zero-order chi connectivity index (χ0) is 24.0. The van der Waals surface area contributed by atoms with Crippen LogP contribution in [0, 0.1) is 13.8 Å². The van der Waals surface area contributed by atoms with Gasteiger partial charge in [0.2, 0.25) is 5.88 Å². The predicted octanol–water partition coefficient (Wildman–Crippen LogP) is 5.20. The van der Waals surface area contributed by atoms with Gasteiger partial charge in [0.25, 0.3) is 10.0 Å². The fourth-order valence-electron chi connectivity index (χ4n) is 3.30. The topological polar surface area (TPSA) is 81.9 Å². The van der Waals surface area contributed by atoms with Gasteiger partial charge in [-0.1, -0.05) is 59.3 Å². The smallest absolute Gasteiger partial charge is 0.269 e. The van der Waals surface area contributed by atoms with Gasteiger partial charge in [-0.15, -0.1) is 0 Å². The minimum atomic E-state index is -4.04. The lowest BCUT2D eigenvalue weighted by molar-refractivity contribution is 0.0744. The average molecular weight is 471 g/mol. The lowest BCUT2D eigenvalue weighted by Crippen LogP contribution is -2.34. The first-order valence-electron chi connectivity index (χ1n) is 10.6. The van der Waals surface area contributed by atoms with Crippen LogP contribution in [0.2, 0.25) is 0 Å². The van der Waals surface area contributed by atoms with Crippen molar-refractivity contribution in [2.75, 3.05) is 31.4 Å². The molecular weight excluding hydrogens is 440 g/mol. The van der Waals surface area contributed by atoms with Crippen LogP contribution in [0.1, 0.15) is 30.7 Å². The molecule has 176 valence electrons. The van der Waals surface area contributed by atoms with Crippen molar-refractivity contribution >= 4 is 22.0 Å². The Bertz CT molecular complexity index is 1210. The molecule has 33 heavy (non-hydrogen) atoms. The molecule has 2 aromatic carbocycles. The molecule has 0 aliphatic rings. The highest BCUT2D eigenvalue weighted by Gasteiger charge is 2.32. The highest BCUT2D eigenvalue weighted by Crippen LogP contribution is 2.34. The fraction of sp³-hybridized carbons (Fsp3) is 0.320. The molecule has 0 spiro atoms. The molecule has 1 aromatic heterocycles. The Kier molecular flexibility index (Phi) is 8.07. The lowest BCUT2D eigenvalue weighted by atomic mass is 10.0. The molecule has 8 heteroatoms. The van der Waals surface area contributed by atoms with Gasteiger partial charge in [-0.25, -0.2) is 12.7 Å². The second kappa shape index (κ2) is 10.8. The Labute approximate surface area is 195 Å². The van der Waals surface area contributed by atoms with E-state index in [0.29, 0.717) is 23.4 Å². The van der Waals surface area contributed by atoms with Gasteiger partial charge in [-0.2, -0.15) is 0 Å². The minimum Gasteiger partial charge on any atom is -0.382 e. The molecule has 0 unspecified atom stereocenters. The number of methoxy groups -OCH3 is 1. The van der Waals surface area contributed by atoms with Crippen LogP contribution in [-0.4, -0.2) is 40.6 Å². The normalized spacial score (nSPS) is 11.4. The van der Waals surface area contributed by atoms with Crippen LogP contribution >= 0.6 is 0 Å². The molecule has 0 atom stereocenters. The van der Waals surface area contributed by atoms with Gasteiger partial charge >= 0.3 is 0 Å². The van der Waals surface area contributed by atoms with E-state index in [-0.39, 0.29) is 24.1 Å². The van der Waals surface area contributed by atoms with E-state index < -0.39 is 10.0 Å².